The molecule has 37 heavy (non-hydrogen) atoms. The van der Waals surface area contributed by atoms with E-state index in [0.717, 1.165) is 20.8 Å². The van der Waals surface area contributed by atoms with E-state index in [1.54, 1.807) is 26.8 Å². The number of nitrogens with one attached hydrogen (secondary N) is 2. The van der Waals surface area contributed by atoms with Gasteiger partial charge in [-0.05, 0) is 52.2 Å². The van der Waals surface area contributed by atoms with Crippen molar-refractivity contribution in [2.45, 2.75) is 90.5 Å². The van der Waals surface area contributed by atoms with Crippen molar-refractivity contribution in [3.05, 3.63) is 29.7 Å². The Morgan fingerprint density at radius 1 is 1.08 bits per heavy atom. The van der Waals surface area contributed by atoms with Gasteiger partial charge in [-0.3, -0.25) is 0 Å². The van der Waals surface area contributed by atoms with Crippen LogP contribution in [-0.4, -0.2) is 50.7 Å². The van der Waals surface area contributed by atoms with Crippen LogP contribution in [0.15, 0.2) is 18.5 Å². The highest BCUT2D eigenvalue weighted by atomic mass is 19.4. The van der Waals surface area contributed by atoms with Crippen LogP contribution in [0, 0.1) is 5.41 Å². The van der Waals surface area contributed by atoms with Crippen LogP contribution in [0.3, 0.4) is 0 Å². The molecule has 210 valence electrons. The van der Waals surface area contributed by atoms with Gasteiger partial charge in [-0.15, -0.1) is 0 Å². The molecule has 1 amide bonds. The van der Waals surface area contributed by atoms with Crippen molar-refractivity contribution < 1.29 is 35.9 Å². The van der Waals surface area contributed by atoms with Gasteiger partial charge in [0.05, 0.1) is 29.5 Å². The summed E-state index contributed by atoms with van der Waals surface area (Å²) in [6.07, 6.45) is -7.35. The highest BCUT2D eigenvalue weighted by Gasteiger charge is 2.48. The number of alkyl carbamates (subject to hydrolysis) is 1. The molecule has 2 atom stereocenters. The van der Waals surface area contributed by atoms with Crippen molar-refractivity contribution in [3.8, 4) is 0 Å². The van der Waals surface area contributed by atoms with Crippen LogP contribution in [0.1, 0.15) is 71.7 Å². The summed E-state index contributed by atoms with van der Waals surface area (Å²) < 4.78 is 85.6. The van der Waals surface area contributed by atoms with E-state index >= 15 is 0 Å². The standard InChI is InChI=1S/C23H34F6N6O2/c1-19(2,3)37-18(36)34-15(7-8-20(4,5)22(24,25)26)16-12-35-17(33-16)9-14(11-32-35)10-31-13-21(6,30)23(27,28)29/h9,11-12,15,31H,7-8,10,13,30H2,1-6H3,(H,34,36)/t15-,21-/m0/s1. The fraction of sp³-hybridized carbons (Fsp3) is 0.696. The quantitative estimate of drug-likeness (QED) is 0.385. The van der Waals surface area contributed by atoms with Gasteiger partial charge in [0, 0.05) is 13.1 Å². The normalized spacial score (nSPS) is 15.9. The molecule has 2 aromatic rings. The van der Waals surface area contributed by atoms with Crippen molar-refractivity contribution in [3.63, 3.8) is 0 Å². The lowest BCUT2D eigenvalue weighted by Crippen LogP contribution is -2.57. The smallest absolute Gasteiger partial charge is 0.408 e. The molecular formula is C23H34F6N6O2. The molecule has 0 aromatic carbocycles. The first-order valence-corrected chi connectivity index (χ1v) is 11.6. The molecule has 0 unspecified atom stereocenters. The zero-order valence-corrected chi connectivity index (χ0v) is 21.6. The predicted octanol–water partition coefficient (Wildman–Crippen LogP) is 5.03. The molecule has 2 aromatic heterocycles. The predicted molar refractivity (Wildman–Crippen MR) is 125 cm³/mol. The summed E-state index contributed by atoms with van der Waals surface area (Å²) in [5, 5.41) is 9.40. The molecule has 0 aliphatic heterocycles. The summed E-state index contributed by atoms with van der Waals surface area (Å²) in [4.78, 5) is 16.8. The second kappa shape index (κ2) is 10.6. The Bertz CT molecular complexity index is 1070. The molecule has 2 heterocycles. The molecule has 2 rings (SSSR count). The van der Waals surface area contributed by atoms with E-state index in [2.05, 4.69) is 20.7 Å². The summed E-state index contributed by atoms with van der Waals surface area (Å²) in [7, 11) is 0. The summed E-state index contributed by atoms with van der Waals surface area (Å²) in [5.74, 6) is 0. The zero-order valence-electron chi connectivity index (χ0n) is 21.6. The van der Waals surface area contributed by atoms with E-state index in [0.29, 0.717) is 11.2 Å². The number of fused-ring (bicyclic) bond motifs is 1. The van der Waals surface area contributed by atoms with Gasteiger partial charge in [0.1, 0.15) is 11.1 Å². The lowest BCUT2D eigenvalue weighted by molar-refractivity contribution is -0.214. The molecule has 0 aliphatic rings. The highest BCUT2D eigenvalue weighted by molar-refractivity contribution is 5.68. The number of halogens is 6. The number of alkyl halides is 6. The molecule has 8 nitrogen and oxygen atoms in total. The summed E-state index contributed by atoms with van der Waals surface area (Å²) in [6, 6.07) is 0.652. The van der Waals surface area contributed by atoms with E-state index < -0.39 is 47.6 Å². The van der Waals surface area contributed by atoms with Crippen molar-refractivity contribution >= 4 is 11.7 Å². The SMILES string of the molecule is CC(C)(C)OC(=O)N[C@@H](CCC(C)(C)C(F)(F)F)c1cn2ncc(CNC[C@](C)(N)C(F)(F)F)cc2n1. The number of aromatic nitrogens is 3. The second-order valence-electron chi connectivity index (χ2n) is 11.0. The largest absolute Gasteiger partial charge is 0.444 e. The maximum Gasteiger partial charge on any atom is 0.408 e. The Morgan fingerprint density at radius 2 is 1.70 bits per heavy atom. The van der Waals surface area contributed by atoms with Gasteiger partial charge in [-0.2, -0.15) is 31.4 Å². The third kappa shape index (κ3) is 8.45. The minimum absolute atomic E-state index is 0.0217. The average molecular weight is 541 g/mol. The number of hydrogen-bond donors (Lipinski definition) is 3. The number of rotatable bonds is 9. The Hall–Kier alpha value is -2.61. The molecule has 0 saturated heterocycles. The topological polar surface area (TPSA) is 107 Å². The molecule has 0 fully saturated rings. The lowest BCUT2D eigenvalue weighted by atomic mass is 9.85. The number of nitrogens with two attached hydrogens (primary N) is 1. The van der Waals surface area contributed by atoms with Gasteiger partial charge >= 0.3 is 18.4 Å². The molecule has 0 spiro atoms. The Balaban J connectivity index is 2.24. The monoisotopic (exact) mass is 540 g/mol. The van der Waals surface area contributed by atoms with E-state index in [4.69, 9.17) is 10.5 Å². The lowest BCUT2D eigenvalue weighted by Gasteiger charge is -2.29. The van der Waals surface area contributed by atoms with Crippen LogP contribution in [0.5, 0.6) is 0 Å². The van der Waals surface area contributed by atoms with Gasteiger partial charge in [0.2, 0.25) is 0 Å². The van der Waals surface area contributed by atoms with Crippen LogP contribution < -0.4 is 16.4 Å². The molecule has 0 radical (unpaired) electrons. The van der Waals surface area contributed by atoms with Crippen molar-refractivity contribution in [2.75, 3.05) is 6.54 Å². The fourth-order valence-corrected chi connectivity index (χ4v) is 3.16. The maximum atomic E-state index is 13.4. The summed E-state index contributed by atoms with van der Waals surface area (Å²) >= 11 is 0. The van der Waals surface area contributed by atoms with Crippen LogP contribution in [0.25, 0.3) is 5.65 Å². The molecule has 0 bridgehead atoms. The first-order chi connectivity index (χ1) is 16.6. The van der Waals surface area contributed by atoms with Crippen molar-refractivity contribution in [1.82, 2.24) is 25.2 Å². The van der Waals surface area contributed by atoms with E-state index in [-0.39, 0.29) is 25.1 Å². The fourth-order valence-electron chi connectivity index (χ4n) is 3.16. The van der Waals surface area contributed by atoms with Crippen LogP contribution in [0.2, 0.25) is 0 Å². The minimum Gasteiger partial charge on any atom is -0.444 e. The number of hydrogen-bond acceptors (Lipinski definition) is 6. The third-order valence-corrected chi connectivity index (χ3v) is 5.74. The molecule has 4 N–H and O–H groups in total. The first kappa shape index (κ1) is 30.6. The maximum absolute atomic E-state index is 13.4. The van der Waals surface area contributed by atoms with Gasteiger partial charge in [-0.25, -0.2) is 14.3 Å². The van der Waals surface area contributed by atoms with Gasteiger partial charge in [-0.1, -0.05) is 13.8 Å². The summed E-state index contributed by atoms with van der Waals surface area (Å²) in [6.45, 7) is 7.48. The van der Waals surface area contributed by atoms with Crippen LogP contribution >= 0.6 is 0 Å². The number of nitrogens with zero attached hydrogens (tertiary/aromatic N) is 3. The number of carbonyl (C=O) groups excluding carboxylic acids is 1. The van der Waals surface area contributed by atoms with Crippen LogP contribution in [-0.2, 0) is 11.3 Å². The highest BCUT2D eigenvalue weighted by Crippen LogP contribution is 2.42. The van der Waals surface area contributed by atoms with Crippen molar-refractivity contribution in [2.24, 2.45) is 11.1 Å². The van der Waals surface area contributed by atoms with E-state index in [1.165, 1.54) is 16.9 Å². The number of imidazole rings is 1. The van der Waals surface area contributed by atoms with E-state index in [9.17, 15) is 31.1 Å². The van der Waals surface area contributed by atoms with Gasteiger partial charge in [0.15, 0.2) is 5.65 Å². The average Bonchev–Trinajstić information content (AvgIpc) is 3.11. The van der Waals surface area contributed by atoms with Gasteiger partial charge in [0.25, 0.3) is 0 Å². The molecule has 0 aliphatic carbocycles. The Labute approximate surface area is 211 Å². The second-order valence-corrected chi connectivity index (χ2v) is 11.0. The third-order valence-electron chi connectivity index (χ3n) is 5.74. The summed E-state index contributed by atoms with van der Waals surface area (Å²) in [5.41, 5.74) is 1.13. The first-order valence-electron chi connectivity index (χ1n) is 11.6. The Kier molecular flexibility index (Phi) is 8.80. The number of carbonyl (C=O) groups is 1. The van der Waals surface area contributed by atoms with E-state index in [1.807, 2.05) is 0 Å². The zero-order chi connectivity index (χ0) is 28.4. The number of amides is 1. The van der Waals surface area contributed by atoms with Crippen molar-refractivity contribution in [1.29, 1.82) is 0 Å². The Morgan fingerprint density at radius 3 is 2.24 bits per heavy atom. The van der Waals surface area contributed by atoms with Crippen LogP contribution in [0.4, 0.5) is 31.1 Å². The number of ether oxygens (including phenoxy) is 1. The minimum atomic E-state index is -4.59. The van der Waals surface area contributed by atoms with Gasteiger partial charge < -0.3 is 21.1 Å². The molecule has 0 saturated carbocycles. The molecular weight excluding hydrogens is 506 g/mol. The molecule has 14 heteroatoms.